The van der Waals surface area contributed by atoms with E-state index in [0.29, 0.717) is 32.5 Å². The average Bonchev–Trinajstić information content (AvgIpc) is 2.82. The number of hydrogen-bond donors (Lipinski definition) is 2. The summed E-state index contributed by atoms with van der Waals surface area (Å²) in [5.41, 5.74) is 3.48. The Kier molecular flexibility index (Phi) is 7.93. The van der Waals surface area contributed by atoms with Crippen LogP contribution in [0.5, 0.6) is 5.75 Å². The molecule has 2 aliphatic heterocycles. The van der Waals surface area contributed by atoms with Crippen molar-refractivity contribution in [1.29, 1.82) is 0 Å². The van der Waals surface area contributed by atoms with Gasteiger partial charge in [-0.05, 0) is 36.5 Å². The van der Waals surface area contributed by atoms with Crippen molar-refractivity contribution in [2.75, 3.05) is 20.2 Å². The molecule has 7 heteroatoms. The summed E-state index contributed by atoms with van der Waals surface area (Å²) in [4.78, 5) is 27.5. The first-order chi connectivity index (χ1) is 14.7. The molecule has 2 aliphatic rings. The van der Waals surface area contributed by atoms with Crippen molar-refractivity contribution in [2.45, 2.75) is 38.4 Å². The Balaban J connectivity index is 0.00000272. The normalized spacial score (nSPS) is 18.5. The summed E-state index contributed by atoms with van der Waals surface area (Å²) in [5.74, 6) is 0.929. The van der Waals surface area contributed by atoms with Gasteiger partial charge in [0.2, 0.25) is 11.8 Å². The molecular weight excluding hydrogens is 414 g/mol. The van der Waals surface area contributed by atoms with Crippen LogP contribution in [0.25, 0.3) is 0 Å². The average molecular weight is 444 g/mol. The zero-order valence-electron chi connectivity index (χ0n) is 17.8. The minimum absolute atomic E-state index is 0. The van der Waals surface area contributed by atoms with Gasteiger partial charge in [-0.15, -0.1) is 12.4 Å². The van der Waals surface area contributed by atoms with Gasteiger partial charge >= 0.3 is 0 Å². The second-order valence-corrected chi connectivity index (χ2v) is 8.04. The Bertz CT molecular complexity index is 912. The van der Waals surface area contributed by atoms with Gasteiger partial charge in [0.05, 0.1) is 13.2 Å². The van der Waals surface area contributed by atoms with Crippen LogP contribution in [0.1, 0.15) is 29.5 Å². The first-order valence-corrected chi connectivity index (χ1v) is 10.6. The minimum atomic E-state index is -0.171. The molecule has 0 aliphatic carbocycles. The Morgan fingerprint density at radius 3 is 2.48 bits per heavy atom. The van der Waals surface area contributed by atoms with Crippen molar-refractivity contribution in [1.82, 2.24) is 15.5 Å². The summed E-state index contributed by atoms with van der Waals surface area (Å²) >= 11 is 0. The second kappa shape index (κ2) is 10.6. The largest absolute Gasteiger partial charge is 0.496 e. The number of nitrogens with zero attached hydrogens (tertiary/aromatic N) is 1. The number of carbonyl (C=O) groups excluding carboxylic acids is 2. The summed E-state index contributed by atoms with van der Waals surface area (Å²) in [6.07, 6.45) is 2.13. The molecule has 0 bridgehead atoms. The molecule has 0 radical (unpaired) electrons. The SMILES string of the molecule is COc1ccccc1CNC(=O)C1CCN(C(=O)C2Cc3ccccc3CN2)CC1.Cl. The third-order valence-electron chi connectivity index (χ3n) is 6.20. The summed E-state index contributed by atoms with van der Waals surface area (Å²) in [7, 11) is 1.63. The monoisotopic (exact) mass is 443 g/mol. The van der Waals surface area contributed by atoms with Crippen LogP contribution in [0.2, 0.25) is 0 Å². The van der Waals surface area contributed by atoms with Crippen molar-refractivity contribution in [2.24, 2.45) is 5.92 Å². The van der Waals surface area contributed by atoms with Gasteiger partial charge in [-0.2, -0.15) is 0 Å². The van der Waals surface area contributed by atoms with Crippen LogP contribution in [0.4, 0.5) is 0 Å². The van der Waals surface area contributed by atoms with Crippen LogP contribution in [0, 0.1) is 5.92 Å². The molecule has 2 aromatic rings. The predicted octanol–water partition coefficient (Wildman–Crippen LogP) is 2.69. The molecule has 2 amide bonds. The van der Waals surface area contributed by atoms with Crippen LogP contribution in [0.15, 0.2) is 48.5 Å². The van der Waals surface area contributed by atoms with E-state index in [9.17, 15) is 9.59 Å². The third kappa shape index (κ3) is 5.38. The number of likely N-dealkylation sites (tertiary alicyclic amines) is 1. The molecule has 4 rings (SSSR count). The number of fused-ring (bicyclic) bond motifs is 1. The van der Waals surface area contributed by atoms with Crippen molar-refractivity contribution in [3.8, 4) is 5.75 Å². The predicted molar refractivity (Wildman–Crippen MR) is 122 cm³/mol. The van der Waals surface area contributed by atoms with Crippen molar-refractivity contribution >= 4 is 24.2 Å². The maximum atomic E-state index is 13.0. The van der Waals surface area contributed by atoms with Crippen LogP contribution in [0.3, 0.4) is 0 Å². The minimum Gasteiger partial charge on any atom is -0.496 e. The zero-order chi connectivity index (χ0) is 20.9. The first kappa shape index (κ1) is 23.1. The van der Waals surface area contributed by atoms with E-state index in [1.165, 1.54) is 11.1 Å². The van der Waals surface area contributed by atoms with E-state index in [4.69, 9.17) is 4.74 Å². The number of nitrogens with one attached hydrogen (secondary N) is 2. The van der Waals surface area contributed by atoms with E-state index in [2.05, 4.69) is 22.8 Å². The van der Waals surface area contributed by atoms with Crippen LogP contribution in [-0.4, -0.2) is 43.0 Å². The lowest BCUT2D eigenvalue weighted by molar-refractivity contribution is -0.137. The molecule has 0 saturated carbocycles. The lowest BCUT2D eigenvalue weighted by Crippen LogP contribution is -2.52. The molecule has 0 spiro atoms. The summed E-state index contributed by atoms with van der Waals surface area (Å²) in [5, 5.41) is 6.40. The van der Waals surface area contributed by atoms with Gasteiger partial charge in [0.1, 0.15) is 5.75 Å². The highest BCUT2D eigenvalue weighted by atomic mass is 35.5. The number of methoxy groups -OCH3 is 1. The van der Waals surface area contributed by atoms with E-state index in [0.717, 1.165) is 24.3 Å². The number of rotatable bonds is 5. The number of benzene rings is 2. The number of halogens is 1. The van der Waals surface area contributed by atoms with Crippen molar-refractivity contribution in [3.05, 3.63) is 65.2 Å². The van der Waals surface area contributed by atoms with Gasteiger partial charge in [-0.25, -0.2) is 0 Å². The molecule has 2 aromatic carbocycles. The fourth-order valence-corrected chi connectivity index (χ4v) is 4.39. The standard InChI is InChI=1S/C24H29N3O3.ClH/c1-30-22-9-5-4-8-20(22)16-26-23(28)17-10-12-27(13-11-17)24(29)21-14-18-6-2-3-7-19(18)15-25-21;/h2-9,17,21,25H,10-16H2,1H3,(H,26,28);1H. The molecule has 31 heavy (non-hydrogen) atoms. The van der Waals surface area contributed by atoms with Gasteiger partial charge < -0.3 is 20.3 Å². The quantitative estimate of drug-likeness (QED) is 0.745. The van der Waals surface area contributed by atoms with Crippen LogP contribution >= 0.6 is 12.4 Å². The van der Waals surface area contributed by atoms with E-state index in [-0.39, 0.29) is 36.2 Å². The molecule has 1 saturated heterocycles. The highest BCUT2D eigenvalue weighted by Crippen LogP contribution is 2.22. The number of ether oxygens (including phenoxy) is 1. The van der Waals surface area contributed by atoms with E-state index < -0.39 is 0 Å². The van der Waals surface area contributed by atoms with Gasteiger partial charge in [0.15, 0.2) is 0 Å². The number of piperidine rings is 1. The molecule has 1 unspecified atom stereocenters. The molecule has 0 aromatic heterocycles. The fourth-order valence-electron chi connectivity index (χ4n) is 4.39. The molecule has 1 fully saturated rings. The Morgan fingerprint density at radius 2 is 1.74 bits per heavy atom. The van der Waals surface area contributed by atoms with Crippen molar-refractivity contribution < 1.29 is 14.3 Å². The fraction of sp³-hybridized carbons (Fsp3) is 0.417. The third-order valence-corrected chi connectivity index (χ3v) is 6.20. The number of carbonyl (C=O) groups is 2. The molecule has 2 N–H and O–H groups in total. The van der Waals surface area contributed by atoms with E-state index >= 15 is 0 Å². The van der Waals surface area contributed by atoms with Gasteiger partial charge in [-0.3, -0.25) is 9.59 Å². The summed E-state index contributed by atoms with van der Waals surface area (Å²) < 4.78 is 5.34. The van der Waals surface area contributed by atoms with Gasteiger partial charge in [-0.1, -0.05) is 42.5 Å². The van der Waals surface area contributed by atoms with Gasteiger partial charge in [0, 0.05) is 37.7 Å². The van der Waals surface area contributed by atoms with Crippen LogP contribution < -0.4 is 15.4 Å². The topological polar surface area (TPSA) is 70.7 Å². The Labute approximate surface area is 189 Å². The lowest BCUT2D eigenvalue weighted by Gasteiger charge is -2.35. The lowest BCUT2D eigenvalue weighted by atomic mass is 9.92. The Hall–Kier alpha value is -2.57. The molecule has 1 atom stereocenters. The molecule has 2 heterocycles. The van der Waals surface area contributed by atoms with E-state index in [1.807, 2.05) is 41.3 Å². The highest BCUT2D eigenvalue weighted by molar-refractivity contribution is 5.85. The molecule has 6 nitrogen and oxygen atoms in total. The van der Waals surface area contributed by atoms with Crippen LogP contribution in [-0.2, 0) is 29.1 Å². The van der Waals surface area contributed by atoms with Gasteiger partial charge in [0.25, 0.3) is 0 Å². The Morgan fingerprint density at radius 1 is 1.06 bits per heavy atom. The first-order valence-electron chi connectivity index (χ1n) is 10.6. The number of hydrogen-bond acceptors (Lipinski definition) is 4. The van der Waals surface area contributed by atoms with Crippen molar-refractivity contribution in [3.63, 3.8) is 0 Å². The number of para-hydroxylation sites is 1. The highest BCUT2D eigenvalue weighted by Gasteiger charge is 2.32. The molecule has 166 valence electrons. The summed E-state index contributed by atoms with van der Waals surface area (Å²) in [6, 6.07) is 15.8. The molecular formula is C24H30ClN3O3. The second-order valence-electron chi connectivity index (χ2n) is 8.04. The zero-order valence-corrected chi connectivity index (χ0v) is 18.6. The number of amides is 2. The maximum absolute atomic E-state index is 13.0. The smallest absolute Gasteiger partial charge is 0.240 e. The maximum Gasteiger partial charge on any atom is 0.240 e. The van der Waals surface area contributed by atoms with E-state index in [1.54, 1.807) is 7.11 Å². The summed E-state index contributed by atoms with van der Waals surface area (Å²) in [6.45, 7) is 2.44.